The minimum Gasteiger partial charge on any atom is -0.494 e. The number of amides is 2. The lowest BCUT2D eigenvalue weighted by Gasteiger charge is -2.12. The van der Waals surface area contributed by atoms with Crippen LogP contribution in [-0.2, 0) is 20.9 Å². The van der Waals surface area contributed by atoms with Crippen molar-refractivity contribution in [1.29, 1.82) is 0 Å². The van der Waals surface area contributed by atoms with E-state index in [1.54, 1.807) is 35.0 Å². The second-order valence-electron chi connectivity index (χ2n) is 9.03. The van der Waals surface area contributed by atoms with Crippen molar-refractivity contribution < 1.29 is 32.2 Å². The van der Waals surface area contributed by atoms with E-state index in [1.807, 2.05) is 24.3 Å². The molecule has 1 saturated heterocycles. The second-order valence-corrected chi connectivity index (χ2v) is 9.03. The highest BCUT2D eigenvalue weighted by atomic mass is 19.4. The molecule has 0 aliphatic carbocycles. The predicted molar refractivity (Wildman–Crippen MR) is 135 cm³/mol. The van der Waals surface area contributed by atoms with E-state index in [4.69, 9.17) is 9.47 Å². The number of rotatable bonds is 11. The number of ether oxygens (including phenoxy) is 2. The van der Waals surface area contributed by atoms with Gasteiger partial charge in [0.25, 0.3) is 0 Å². The Morgan fingerprint density at radius 3 is 2.74 bits per heavy atom. The highest BCUT2D eigenvalue weighted by molar-refractivity contribution is 5.97. The van der Waals surface area contributed by atoms with Gasteiger partial charge in [-0.05, 0) is 30.2 Å². The standard InChI is InChI=1S/C27H29F3N4O4/c1-2-3-10-38-22-9-5-8-21(13-22)34-23(14-24(33-34)32-26(36)20-12-25(35)31-15-20)19-7-4-6-18(11-19)16-37-17-27(28,29)30/h4-9,11,13-14,20H,2-3,10,12,15-17H2,1H3,(H,31,35)(H,32,33,36)/t20-/m0/s1. The highest BCUT2D eigenvalue weighted by Gasteiger charge is 2.29. The van der Waals surface area contributed by atoms with Crippen LogP contribution in [0.25, 0.3) is 16.9 Å². The number of hydrogen-bond acceptors (Lipinski definition) is 5. The lowest BCUT2D eigenvalue weighted by molar-refractivity contribution is -0.176. The van der Waals surface area contributed by atoms with Crippen LogP contribution >= 0.6 is 0 Å². The van der Waals surface area contributed by atoms with Crippen molar-refractivity contribution >= 4 is 17.6 Å². The summed E-state index contributed by atoms with van der Waals surface area (Å²) < 4.78 is 49.8. The fourth-order valence-corrected chi connectivity index (χ4v) is 4.01. The van der Waals surface area contributed by atoms with Gasteiger partial charge in [-0.3, -0.25) is 9.59 Å². The molecule has 8 nitrogen and oxygen atoms in total. The number of anilines is 1. The van der Waals surface area contributed by atoms with Crippen LogP contribution in [0.2, 0.25) is 0 Å². The van der Waals surface area contributed by atoms with Gasteiger partial charge in [-0.2, -0.15) is 13.2 Å². The molecule has 11 heteroatoms. The summed E-state index contributed by atoms with van der Waals surface area (Å²) in [5.41, 5.74) is 2.49. The van der Waals surface area contributed by atoms with Crippen molar-refractivity contribution in [3.63, 3.8) is 0 Å². The third kappa shape index (κ3) is 7.34. The molecule has 4 rings (SSSR count). The number of aromatic nitrogens is 2. The Kier molecular flexibility index (Phi) is 8.67. The average molecular weight is 531 g/mol. The first-order valence-corrected chi connectivity index (χ1v) is 12.4. The van der Waals surface area contributed by atoms with Crippen LogP contribution in [0.4, 0.5) is 19.0 Å². The number of halogens is 3. The summed E-state index contributed by atoms with van der Waals surface area (Å²) in [5.74, 6) is -0.0694. The molecule has 1 atom stereocenters. The summed E-state index contributed by atoms with van der Waals surface area (Å²) in [6.07, 6.45) is -2.39. The van der Waals surface area contributed by atoms with Crippen LogP contribution < -0.4 is 15.4 Å². The molecule has 2 heterocycles. The fraction of sp³-hybridized carbons (Fsp3) is 0.370. The van der Waals surface area contributed by atoms with Crippen molar-refractivity contribution in [1.82, 2.24) is 15.1 Å². The van der Waals surface area contributed by atoms with Crippen LogP contribution in [0.5, 0.6) is 5.75 Å². The van der Waals surface area contributed by atoms with Crippen molar-refractivity contribution in [2.75, 3.05) is 25.1 Å². The van der Waals surface area contributed by atoms with Crippen molar-refractivity contribution in [3.05, 3.63) is 60.2 Å². The topological polar surface area (TPSA) is 94.5 Å². The van der Waals surface area contributed by atoms with Crippen molar-refractivity contribution in [3.8, 4) is 22.7 Å². The molecule has 1 aromatic heterocycles. The first-order chi connectivity index (χ1) is 18.2. The average Bonchev–Trinajstić information content (AvgIpc) is 3.50. The molecule has 1 aliphatic rings. The van der Waals surface area contributed by atoms with E-state index in [1.165, 1.54) is 0 Å². The Morgan fingerprint density at radius 1 is 1.18 bits per heavy atom. The Labute approximate surface area is 218 Å². The summed E-state index contributed by atoms with van der Waals surface area (Å²) >= 11 is 0. The van der Waals surface area contributed by atoms with Gasteiger partial charge in [-0.1, -0.05) is 37.6 Å². The highest BCUT2D eigenvalue weighted by Crippen LogP contribution is 2.29. The van der Waals surface area contributed by atoms with Gasteiger partial charge in [0.1, 0.15) is 12.4 Å². The zero-order chi connectivity index (χ0) is 27.1. The lowest BCUT2D eigenvalue weighted by Crippen LogP contribution is -2.24. The van der Waals surface area contributed by atoms with Gasteiger partial charge in [-0.25, -0.2) is 4.68 Å². The molecule has 0 bridgehead atoms. The van der Waals surface area contributed by atoms with Crippen molar-refractivity contribution in [2.45, 2.75) is 39.0 Å². The maximum Gasteiger partial charge on any atom is 0.411 e. The number of unbranched alkanes of at least 4 members (excludes halogenated alkanes) is 1. The molecule has 0 unspecified atom stereocenters. The molecule has 202 valence electrons. The number of hydrogen-bond donors (Lipinski definition) is 2. The number of nitrogens with one attached hydrogen (secondary N) is 2. The Hall–Kier alpha value is -3.86. The van der Waals surface area contributed by atoms with Crippen LogP contribution in [0.1, 0.15) is 31.7 Å². The van der Waals surface area contributed by atoms with Gasteiger partial charge in [0, 0.05) is 30.7 Å². The van der Waals surface area contributed by atoms with Gasteiger partial charge < -0.3 is 20.1 Å². The van der Waals surface area contributed by atoms with E-state index in [9.17, 15) is 22.8 Å². The Morgan fingerprint density at radius 2 is 2.00 bits per heavy atom. The fourth-order valence-electron chi connectivity index (χ4n) is 4.01. The first kappa shape index (κ1) is 27.2. The summed E-state index contributed by atoms with van der Waals surface area (Å²) in [5, 5.41) is 10.0. The van der Waals surface area contributed by atoms with E-state index >= 15 is 0 Å². The molecule has 1 aliphatic heterocycles. The first-order valence-electron chi connectivity index (χ1n) is 12.4. The molecule has 1 fully saturated rings. The summed E-state index contributed by atoms with van der Waals surface area (Å²) in [6.45, 7) is 1.35. The minimum atomic E-state index is -4.41. The maximum atomic E-state index is 12.7. The largest absolute Gasteiger partial charge is 0.494 e. The predicted octanol–water partition coefficient (Wildman–Crippen LogP) is 4.87. The van der Waals surface area contributed by atoms with E-state index in [0.717, 1.165) is 12.8 Å². The van der Waals surface area contributed by atoms with Gasteiger partial charge in [0.2, 0.25) is 11.8 Å². The maximum absolute atomic E-state index is 12.7. The number of benzene rings is 2. The van der Waals surface area contributed by atoms with E-state index in [0.29, 0.717) is 34.9 Å². The lowest BCUT2D eigenvalue weighted by atomic mass is 10.1. The van der Waals surface area contributed by atoms with Crippen LogP contribution in [0.3, 0.4) is 0 Å². The Balaban J connectivity index is 1.63. The minimum absolute atomic E-state index is 0.108. The quantitative estimate of drug-likeness (QED) is 0.345. The molecule has 2 amide bonds. The van der Waals surface area contributed by atoms with Gasteiger partial charge in [0.05, 0.1) is 30.5 Å². The molecule has 0 saturated carbocycles. The molecule has 0 radical (unpaired) electrons. The zero-order valence-corrected chi connectivity index (χ0v) is 20.9. The normalized spacial score (nSPS) is 15.4. The molecule has 0 spiro atoms. The number of alkyl halides is 3. The van der Waals surface area contributed by atoms with Crippen LogP contribution in [0.15, 0.2) is 54.6 Å². The second kappa shape index (κ2) is 12.1. The summed E-state index contributed by atoms with van der Waals surface area (Å²) in [7, 11) is 0. The number of carbonyl (C=O) groups is 2. The van der Waals surface area contributed by atoms with Gasteiger partial charge in [-0.15, -0.1) is 5.10 Å². The van der Waals surface area contributed by atoms with Gasteiger partial charge >= 0.3 is 6.18 Å². The molecule has 38 heavy (non-hydrogen) atoms. The van der Waals surface area contributed by atoms with E-state index in [2.05, 4.69) is 22.7 Å². The molecule has 2 aromatic carbocycles. The third-order valence-electron chi connectivity index (χ3n) is 5.89. The van der Waals surface area contributed by atoms with E-state index in [-0.39, 0.29) is 37.2 Å². The van der Waals surface area contributed by atoms with E-state index < -0.39 is 18.7 Å². The van der Waals surface area contributed by atoms with Crippen LogP contribution in [0, 0.1) is 5.92 Å². The summed E-state index contributed by atoms with van der Waals surface area (Å²) in [6, 6.07) is 15.9. The van der Waals surface area contributed by atoms with Crippen LogP contribution in [-0.4, -0.2) is 47.5 Å². The molecule has 3 aromatic rings. The smallest absolute Gasteiger partial charge is 0.411 e. The molecular formula is C27H29F3N4O4. The third-order valence-corrected chi connectivity index (χ3v) is 5.89. The van der Waals surface area contributed by atoms with Gasteiger partial charge in [0.15, 0.2) is 5.82 Å². The van der Waals surface area contributed by atoms with Crippen molar-refractivity contribution in [2.24, 2.45) is 5.92 Å². The molecule has 2 N–H and O–H groups in total. The summed E-state index contributed by atoms with van der Waals surface area (Å²) in [4.78, 5) is 24.3. The number of carbonyl (C=O) groups excluding carboxylic acids is 2. The molecular weight excluding hydrogens is 501 g/mol. The zero-order valence-electron chi connectivity index (χ0n) is 20.9. The number of nitrogens with zero attached hydrogens (tertiary/aromatic N) is 2. The monoisotopic (exact) mass is 530 g/mol. The SMILES string of the molecule is CCCCOc1cccc(-n2nc(NC(=O)[C@@H]3CNC(=O)C3)cc2-c2cccc(COCC(F)(F)F)c2)c1. The Bertz CT molecular complexity index is 1280.